The molecule has 84 valence electrons. The summed E-state index contributed by atoms with van der Waals surface area (Å²) >= 11 is 1.32. The number of methoxy groups -OCH3 is 1. The van der Waals surface area contributed by atoms with Crippen LogP contribution in [-0.2, 0) is 0 Å². The average Bonchev–Trinajstić information content (AvgIpc) is 2.77. The predicted octanol–water partition coefficient (Wildman–Crippen LogP) is 1.58. The smallest absolute Gasteiger partial charge is 0.221 e. The summed E-state index contributed by atoms with van der Waals surface area (Å²) in [6, 6.07) is 7.58. The van der Waals surface area contributed by atoms with E-state index in [1.165, 1.54) is 11.3 Å². The van der Waals surface area contributed by atoms with Crippen molar-refractivity contribution in [1.82, 2.24) is 10.2 Å². The SMILES string of the molecule is COc1ccccc1Nc1nnc(NN)s1. The molecule has 0 atom stereocenters. The van der Waals surface area contributed by atoms with E-state index in [-0.39, 0.29) is 0 Å². The highest BCUT2D eigenvalue weighted by Gasteiger charge is 2.06. The van der Waals surface area contributed by atoms with Gasteiger partial charge in [-0.25, -0.2) is 5.84 Å². The van der Waals surface area contributed by atoms with E-state index < -0.39 is 0 Å². The van der Waals surface area contributed by atoms with Crippen LogP contribution in [0.5, 0.6) is 5.75 Å². The molecule has 7 heteroatoms. The Kier molecular flexibility index (Phi) is 3.18. The van der Waals surface area contributed by atoms with Crippen LogP contribution in [0, 0.1) is 0 Å². The van der Waals surface area contributed by atoms with Crippen molar-refractivity contribution in [2.75, 3.05) is 17.9 Å². The number of ether oxygens (including phenoxy) is 1. The van der Waals surface area contributed by atoms with E-state index in [0.29, 0.717) is 10.3 Å². The lowest BCUT2D eigenvalue weighted by atomic mass is 10.3. The van der Waals surface area contributed by atoms with Gasteiger partial charge in [-0.3, -0.25) is 5.43 Å². The van der Waals surface area contributed by atoms with Crippen molar-refractivity contribution >= 4 is 27.3 Å². The van der Waals surface area contributed by atoms with Crippen LogP contribution < -0.4 is 21.3 Å². The van der Waals surface area contributed by atoms with Crippen molar-refractivity contribution in [3.8, 4) is 5.75 Å². The fourth-order valence-corrected chi connectivity index (χ4v) is 1.76. The highest BCUT2D eigenvalue weighted by molar-refractivity contribution is 7.19. The summed E-state index contributed by atoms with van der Waals surface area (Å²) in [7, 11) is 1.62. The number of rotatable bonds is 4. The van der Waals surface area contributed by atoms with Crippen molar-refractivity contribution in [2.24, 2.45) is 5.84 Å². The predicted molar refractivity (Wildman–Crippen MR) is 64.0 cm³/mol. The number of nitrogens with two attached hydrogens (primary N) is 1. The molecule has 16 heavy (non-hydrogen) atoms. The molecule has 0 fully saturated rings. The number of hydrazine groups is 1. The Morgan fingerprint density at radius 2 is 2.00 bits per heavy atom. The number of nitrogens with zero attached hydrogens (tertiary/aromatic N) is 2. The Morgan fingerprint density at radius 1 is 1.25 bits per heavy atom. The van der Waals surface area contributed by atoms with Crippen LogP contribution >= 0.6 is 11.3 Å². The molecule has 1 aromatic carbocycles. The maximum atomic E-state index is 5.22. The van der Waals surface area contributed by atoms with Crippen molar-refractivity contribution < 1.29 is 4.74 Å². The third-order valence-electron chi connectivity index (χ3n) is 1.90. The summed E-state index contributed by atoms with van der Waals surface area (Å²) in [5, 5.41) is 12.0. The Balaban J connectivity index is 2.19. The molecule has 1 aromatic heterocycles. The van der Waals surface area contributed by atoms with Gasteiger partial charge in [0.25, 0.3) is 0 Å². The first-order valence-corrected chi connectivity index (χ1v) is 5.35. The van der Waals surface area contributed by atoms with Crippen LogP contribution in [-0.4, -0.2) is 17.3 Å². The molecule has 6 nitrogen and oxygen atoms in total. The standard InChI is InChI=1S/C9H11N5OS/c1-15-7-5-3-2-4-6(7)11-8-13-14-9(12-10)16-8/h2-5H,10H2,1H3,(H,11,13)(H,12,14). The third-order valence-corrected chi connectivity index (χ3v) is 2.67. The number of nitrogen functional groups attached to an aromatic ring is 1. The van der Waals surface area contributed by atoms with Crippen LogP contribution in [0.3, 0.4) is 0 Å². The summed E-state index contributed by atoms with van der Waals surface area (Å²) in [6.45, 7) is 0. The normalized spacial score (nSPS) is 9.88. The van der Waals surface area contributed by atoms with Crippen molar-refractivity contribution in [3.05, 3.63) is 24.3 Å². The largest absolute Gasteiger partial charge is 0.495 e. The van der Waals surface area contributed by atoms with Gasteiger partial charge in [0, 0.05) is 0 Å². The number of benzene rings is 1. The third kappa shape index (κ3) is 2.20. The summed E-state index contributed by atoms with van der Waals surface area (Å²) in [4.78, 5) is 0. The second-order valence-electron chi connectivity index (χ2n) is 2.88. The molecule has 0 bridgehead atoms. The summed E-state index contributed by atoms with van der Waals surface area (Å²) in [5.74, 6) is 5.97. The average molecular weight is 237 g/mol. The minimum Gasteiger partial charge on any atom is -0.495 e. The van der Waals surface area contributed by atoms with Crippen LogP contribution in [0.1, 0.15) is 0 Å². The molecule has 0 unspecified atom stereocenters. The first kappa shape index (κ1) is 10.7. The first-order valence-electron chi connectivity index (χ1n) is 4.53. The number of hydrogen-bond donors (Lipinski definition) is 3. The number of nitrogens with one attached hydrogen (secondary N) is 2. The van der Waals surface area contributed by atoms with Crippen LogP contribution in [0.2, 0.25) is 0 Å². The highest BCUT2D eigenvalue weighted by atomic mass is 32.1. The van der Waals surface area contributed by atoms with Crippen molar-refractivity contribution in [3.63, 3.8) is 0 Å². The zero-order valence-corrected chi connectivity index (χ0v) is 9.41. The van der Waals surface area contributed by atoms with Gasteiger partial charge < -0.3 is 10.1 Å². The molecule has 0 amide bonds. The number of para-hydroxylation sites is 2. The van der Waals surface area contributed by atoms with Gasteiger partial charge in [0.05, 0.1) is 12.8 Å². The number of hydrogen-bond acceptors (Lipinski definition) is 7. The van der Waals surface area contributed by atoms with Gasteiger partial charge in [-0.05, 0) is 12.1 Å². The minimum atomic E-state index is 0.553. The second-order valence-corrected chi connectivity index (χ2v) is 3.86. The summed E-state index contributed by atoms with van der Waals surface area (Å²) < 4.78 is 5.20. The molecule has 0 saturated heterocycles. The zero-order chi connectivity index (χ0) is 11.4. The molecule has 4 N–H and O–H groups in total. The number of anilines is 3. The van der Waals surface area contributed by atoms with Crippen LogP contribution in [0.25, 0.3) is 0 Å². The van der Waals surface area contributed by atoms with Crippen molar-refractivity contribution in [2.45, 2.75) is 0 Å². The maximum absolute atomic E-state index is 5.22. The number of aromatic nitrogens is 2. The lowest BCUT2D eigenvalue weighted by molar-refractivity contribution is 0.417. The monoisotopic (exact) mass is 237 g/mol. The zero-order valence-electron chi connectivity index (χ0n) is 8.60. The Morgan fingerprint density at radius 3 is 2.69 bits per heavy atom. The topological polar surface area (TPSA) is 85.1 Å². The Hall–Kier alpha value is -1.86. The fraction of sp³-hybridized carbons (Fsp3) is 0.111. The molecule has 1 heterocycles. The molecule has 0 saturated carbocycles. The van der Waals surface area contributed by atoms with E-state index in [2.05, 4.69) is 20.9 Å². The van der Waals surface area contributed by atoms with E-state index in [4.69, 9.17) is 10.6 Å². The maximum Gasteiger partial charge on any atom is 0.221 e. The van der Waals surface area contributed by atoms with Gasteiger partial charge in [0.2, 0.25) is 10.3 Å². The van der Waals surface area contributed by atoms with Gasteiger partial charge in [-0.15, -0.1) is 10.2 Å². The van der Waals surface area contributed by atoms with Gasteiger partial charge in [-0.1, -0.05) is 23.5 Å². The van der Waals surface area contributed by atoms with Crippen LogP contribution in [0.4, 0.5) is 16.0 Å². The molecule has 0 spiro atoms. The highest BCUT2D eigenvalue weighted by Crippen LogP contribution is 2.29. The molecular weight excluding hydrogens is 226 g/mol. The van der Waals surface area contributed by atoms with Gasteiger partial charge >= 0.3 is 0 Å². The molecule has 2 aromatic rings. The minimum absolute atomic E-state index is 0.553. The van der Waals surface area contributed by atoms with Gasteiger partial charge in [0.1, 0.15) is 5.75 Å². The Labute approximate surface area is 96.4 Å². The van der Waals surface area contributed by atoms with E-state index in [1.807, 2.05) is 24.3 Å². The molecule has 2 rings (SSSR count). The van der Waals surface area contributed by atoms with E-state index >= 15 is 0 Å². The Bertz CT molecular complexity index is 472. The molecular formula is C9H11N5OS. The van der Waals surface area contributed by atoms with E-state index in [0.717, 1.165) is 11.4 Å². The van der Waals surface area contributed by atoms with Crippen LogP contribution in [0.15, 0.2) is 24.3 Å². The van der Waals surface area contributed by atoms with Crippen molar-refractivity contribution in [1.29, 1.82) is 0 Å². The van der Waals surface area contributed by atoms with Gasteiger partial charge in [-0.2, -0.15) is 0 Å². The summed E-state index contributed by atoms with van der Waals surface area (Å²) in [5.41, 5.74) is 3.27. The second kappa shape index (κ2) is 4.77. The lowest BCUT2D eigenvalue weighted by Gasteiger charge is -2.07. The quantitative estimate of drug-likeness (QED) is 0.553. The molecule has 0 aliphatic rings. The molecule has 0 aliphatic carbocycles. The first-order chi connectivity index (χ1) is 7.83. The lowest BCUT2D eigenvalue weighted by Crippen LogP contribution is -2.05. The fourth-order valence-electron chi connectivity index (χ4n) is 1.20. The van der Waals surface area contributed by atoms with E-state index in [1.54, 1.807) is 7.11 Å². The van der Waals surface area contributed by atoms with E-state index in [9.17, 15) is 0 Å². The molecule has 0 radical (unpaired) electrons. The molecule has 0 aliphatic heterocycles. The summed E-state index contributed by atoms with van der Waals surface area (Å²) in [6.07, 6.45) is 0. The van der Waals surface area contributed by atoms with Gasteiger partial charge in [0.15, 0.2) is 0 Å².